The van der Waals surface area contributed by atoms with Gasteiger partial charge in [0, 0.05) is 6.04 Å². The molecule has 2 amide bonds. The number of benzene rings is 1. The number of rotatable bonds is 3. The predicted molar refractivity (Wildman–Crippen MR) is 72.9 cm³/mol. The van der Waals surface area contributed by atoms with Crippen LogP contribution < -0.4 is 0 Å². The van der Waals surface area contributed by atoms with Gasteiger partial charge in [-0.3, -0.25) is 14.5 Å². The van der Waals surface area contributed by atoms with Crippen molar-refractivity contribution in [1.82, 2.24) is 4.90 Å². The van der Waals surface area contributed by atoms with E-state index in [0.717, 1.165) is 12.8 Å². The Bertz CT molecular complexity index is 527. The summed E-state index contributed by atoms with van der Waals surface area (Å²) in [5, 5.41) is 0. The fourth-order valence-corrected chi connectivity index (χ4v) is 3.32. The van der Waals surface area contributed by atoms with Crippen LogP contribution in [0.3, 0.4) is 0 Å². The van der Waals surface area contributed by atoms with Gasteiger partial charge in [0.05, 0.1) is 11.1 Å². The van der Waals surface area contributed by atoms with Crippen molar-refractivity contribution in [3.8, 4) is 0 Å². The third-order valence-electron chi connectivity index (χ3n) is 4.63. The van der Waals surface area contributed by atoms with E-state index in [1.807, 2.05) is 12.1 Å². The van der Waals surface area contributed by atoms with E-state index < -0.39 is 0 Å². The fourth-order valence-electron chi connectivity index (χ4n) is 3.32. The van der Waals surface area contributed by atoms with E-state index in [4.69, 9.17) is 0 Å². The molecular weight excluding hydrogens is 238 g/mol. The molecule has 2 unspecified atom stereocenters. The summed E-state index contributed by atoms with van der Waals surface area (Å²) >= 11 is 0. The van der Waals surface area contributed by atoms with Crippen molar-refractivity contribution in [1.29, 1.82) is 0 Å². The number of carbonyl (C=O) groups is 2. The molecule has 0 radical (unpaired) electrons. The van der Waals surface area contributed by atoms with Crippen molar-refractivity contribution >= 4 is 11.8 Å². The second kappa shape index (κ2) is 3.92. The number of carbonyl (C=O) groups excluding carboxylic acids is 2. The molecule has 0 aromatic heterocycles. The summed E-state index contributed by atoms with van der Waals surface area (Å²) in [5.74, 6) is 0.213. The SMILES string of the molecule is CCC(C1CC1(C)C)N1C(=O)c2ccccc2C1=O. The van der Waals surface area contributed by atoms with Gasteiger partial charge in [0.15, 0.2) is 0 Å². The highest BCUT2D eigenvalue weighted by molar-refractivity contribution is 6.21. The maximum atomic E-state index is 12.5. The second-order valence-corrected chi connectivity index (χ2v) is 6.30. The Hall–Kier alpha value is -1.64. The Kier molecular flexibility index (Phi) is 2.56. The molecule has 3 nitrogen and oxygen atoms in total. The van der Waals surface area contributed by atoms with Crippen molar-refractivity contribution in [2.24, 2.45) is 11.3 Å². The van der Waals surface area contributed by atoms with Gasteiger partial charge in [0.2, 0.25) is 0 Å². The molecule has 1 saturated carbocycles. The lowest BCUT2D eigenvalue weighted by Crippen LogP contribution is -2.41. The maximum Gasteiger partial charge on any atom is 0.261 e. The Balaban J connectivity index is 1.95. The Morgan fingerprint density at radius 1 is 1.21 bits per heavy atom. The van der Waals surface area contributed by atoms with Gasteiger partial charge >= 0.3 is 0 Å². The average molecular weight is 257 g/mol. The lowest BCUT2D eigenvalue weighted by atomic mass is 10.0. The summed E-state index contributed by atoms with van der Waals surface area (Å²) < 4.78 is 0. The largest absolute Gasteiger partial charge is 0.271 e. The van der Waals surface area contributed by atoms with Crippen LogP contribution in [-0.4, -0.2) is 22.8 Å². The maximum absolute atomic E-state index is 12.5. The van der Waals surface area contributed by atoms with Crippen LogP contribution >= 0.6 is 0 Å². The molecule has 100 valence electrons. The number of hydrogen-bond donors (Lipinski definition) is 0. The minimum absolute atomic E-state index is 0.0439. The monoisotopic (exact) mass is 257 g/mol. The minimum atomic E-state index is -0.116. The molecule has 0 N–H and O–H groups in total. The molecule has 0 bridgehead atoms. The van der Waals surface area contributed by atoms with Gasteiger partial charge in [0.25, 0.3) is 11.8 Å². The van der Waals surface area contributed by atoms with Gasteiger partial charge in [-0.25, -0.2) is 0 Å². The zero-order valence-electron chi connectivity index (χ0n) is 11.6. The molecule has 3 rings (SSSR count). The molecule has 2 aliphatic rings. The zero-order chi connectivity index (χ0) is 13.8. The van der Waals surface area contributed by atoms with Crippen LogP contribution in [0.4, 0.5) is 0 Å². The summed E-state index contributed by atoms with van der Waals surface area (Å²) in [4.78, 5) is 26.4. The number of imide groups is 1. The summed E-state index contributed by atoms with van der Waals surface area (Å²) in [7, 11) is 0. The van der Waals surface area contributed by atoms with Crippen LogP contribution in [0, 0.1) is 11.3 Å². The van der Waals surface area contributed by atoms with Crippen molar-refractivity contribution in [2.45, 2.75) is 39.7 Å². The molecule has 1 aromatic carbocycles. The van der Waals surface area contributed by atoms with E-state index in [1.54, 1.807) is 12.1 Å². The normalized spacial score (nSPS) is 25.4. The summed E-state index contributed by atoms with van der Waals surface area (Å²) in [6.45, 7) is 6.47. The lowest BCUT2D eigenvalue weighted by Gasteiger charge is -2.26. The van der Waals surface area contributed by atoms with E-state index in [9.17, 15) is 9.59 Å². The topological polar surface area (TPSA) is 37.4 Å². The molecule has 1 heterocycles. The highest BCUT2D eigenvalue weighted by Gasteiger charge is 2.54. The van der Waals surface area contributed by atoms with Crippen LogP contribution in [0.2, 0.25) is 0 Å². The molecule has 0 saturated heterocycles. The molecule has 1 aliphatic heterocycles. The third-order valence-corrected chi connectivity index (χ3v) is 4.63. The van der Waals surface area contributed by atoms with E-state index in [1.165, 1.54) is 4.90 Å². The van der Waals surface area contributed by atoms with Crippen molar-refractivity contribution in [3.05, 3.63) is 35.4 Å². The van der Waals surface area contributed by atoms with Crippen LogP contribution in [0.15, 0.2) is 24.3 Å². The molecule has 1 fully saturated rings. The highest BCUT2D eigenvalue weighted by atomic mass is 16.2. The first kappa shape index (κ1) is 12.4. The van der Waals surface area contributed by atoms with Crippen LogP contribution in [0.5, 0.6) is 0 Å². The number of nitrogens with zero attached hydrogens (tertiary/aromatic N) is 1. The van der Waals surface area contributed by atoms with Crippen LogP contribution in [0.1, 0.15) is 54.3 Å². The summed E-state index contributed by atoms with van der Waals surface area (Å²) in [5.41, 5.74) is 1.38. The molecule has 1 aliphatic carbocycles. The van der Waals surface area contributed by atoms with Gasteiger partial charge in [-0.15, -0.1) is 0 Å². The minimum Gasteiger partial charge on any atom is -0.271 e. The Labute approximate surface area is 113 Å². The van der Waals surface area contributed by atoms with Crippen LogP contribution in [-0.2, 0) is 0 Å². The number of fused-ring (bicyclic) bond motifs is 1. The number of hydrogen-bond acceptors (Lipinski definition) is 2. The van der Waals surface area contributed by atoms with E-state index in [0.29, 0.717) is 17.0 Å². The zero-order valence-corrected chi connectivity index (χ0v) is 11.6. The fraction of sp³-hybridized carbons (Fsp3) is 0.500. The Morgan fingerprint density at radius 2 is 1.68 bits per heavy atom. The lowest BCUT2D eigenvalue weighted by molar-refractivity contribution is 0.0549. The smallest absolute Gasteiger partial charge is 0.261 e. The predicted octanol–water partition coefficient (Wildman–Crippen LogP) is 3.11. The van der Waals surface area contributed by atoms with Gasteiger partial charge in [0.1, 0.15) is 0 Å². The van der Waals surface area contributed by atoms with Gasteiger partial charge < -0.3 is 0 Å². The summed E-state index contributed by atoms with van der Waals surface area (Å²) in [6.07, 6.45) is 1.93. The molecule has 3 heteroatoms. The van der Waals surface area contributed by atoms with Gasteiger partial charge in [-0.05, 0) is 36.3 Å². The third kappa shape index (κ3) is 1.71. The van der Waals surface area contributed by atoms with E-state index >= 15 is 0 Å². The highest BCUT2D eigenvalue weighted by Crippen LogP contribution is 2.55. The molecule has 0 spiro atoms. The molecule has 2 atom stereocenters. The second-order valence-electron chi connectivity index (χ2n) is 6.30. The molecule has 1 aromatic rings. The van der Waals surface area contributed by atoms with Crippen molar-refractivity contribution in [2.75, 3.05) is 0 Å². The summed E-state index contributed by atoms with van der Waals surface area (Å²) in [6, 6.07) is 7.17. The van der Waals surface area contributed by atoms with E-state index in [2.05, 4.69) is 20.8 Å². The average Bonchev–Trinajstić information content (AvgIpc) is 2.94. The van der Waals surface area contributed by atoms with Crippen LogP contribution in [0.25, 0.3) is 0 Å². The first-order valence-corrected chi connectivity index (χ1v) is 6.94. The Morgan fingerprint density at radius 3 is 2.05 bits per heavy atom. The van der Waals surface area contributed by atoms with Crippen molar-refractivity contribution in [3.63, 3.8) is 0 Å². The first-order valence-electron chi connectivity index (χ1n) is 6.94. The van der Waals surface area contributed by atoms with Crippen molar-refractivity contribution < 1.29 is 9.59 Å². The first-order chi connectivity index (χ1) is 8.97. The van der Waals surface area contributed by atoms with Gasteiger partial charge in [-0.1, -0.05) is 32.9 Å². The van der Waals surface area contributed by atoms with E-state index in [-0.39, 0.29) is 23.3 Å². The van der Waals surface area contributed by atoms with Gasteiger partial charge in [-0.2, -0.15) is 0 Å². The quantitative estimate of drug-likeness (QED) is 0.780. The molecular formula is C16H19NO2. The number of amides is 2. The standard InChI is InChI=1S/C16H19NO2/c1-4-13(12-9-16(12,2)3)17-14(18)10-7-5-6-8-11(10)15(17)19/h5-8,12-13H,4,9H2,1-3H3. The molecule has 19 heavy (non-hydrogen) atoms.